The number of thiophene rings is 1. The van der Waals surface area contributed by atoms with Crippen molar-refractivity contribution in [2.45, 2.75) is 59.9 Å². The molecule has 0 atom stereocenters. The second-order valence-electron chi connectivity index (χ2n) is 7.76. The minimum absolute atomic E-state index is 0.0228. The van der Waals surface area contributed by atoms with Gasteiger partial charge >= 0.3 is 0 Å². The van der Waals surface area contributed by atoms with E-state index in [4.69, 9.17) is 0 Å². The summed E-state index contributed by atoms with van der Waals surface area (Å²) in [6, 6.07) is 4.09. The van der Waals surface area contributed by atoms with Crippen molar-refractivity contribution in [1.29, 1.82) is 0 Å². The van der Waals surface area contributed by atoms with E-state index in [9.17, 15) is 9.59 Å². The number of hydrogen-bond acceptors (Lipinski definition) is 4. The molecule has 0 radical (unpaired) electrons. The Labute approximate surface area is 168 Å². The molecule has 2 heterocycles. The van der Waals surface area contributed by atoms with Crippen LogP contribution in [0.2, 0.25) is 0 Å². The average Bonchev–Trinajstić information content (AvgIpc) is 2.99. The van der Waals surface area contributed by atoms with Gasteiger partial charge in [-0.3, -0.25) is 14.2 Å². The number of amides is 1. The first kappa shape index (κ1) is 18.9. The van der Waals surface area contributed by atoms with Gasteiger partial charge in [-0.15, -0.1) is 11.3 Å². The third-order valence-electron chi connectivity index (χ3n) is 5.51. The quantitative estimate of drug-likeness (QED) is 0.722. The molecule has 1 N–H and O–H groups in total. The molecule has 2 aromatic heterocycles. The Morgan fingerprint density at radius 3 is 2.54 bits per heavy atom. The minimum Gasteiger partial charge on any atom is -0.324 e. The molecule has 4 rings (SSSR count). The minimum atomic E-state index is -0.203. The number of hydrogen-bond donors (Lipinski definition) is 1. The zero-order chi connectivity index (χ0) is 20.0. The van der Waals surface area contributed by atoms with Crippen LogP contribution in [-0.2, 0) is 24.2 Å². The second kappa shape index (κ2) is 7.17. The van der Waals surface area contributed by atoms with E-state index >= 15 is 0 Å². The Bertz CT molecular complexity index is 1130. The van der Waals surface area contributed by atoms with Crippen molar-refractivity contribution in [2.24, 2.45) is 0 Å². The van der Waals surface area contributed by atoms with Crippen LogP contribution < -0.4 is 10.9 Å². The smallest absolute Gasteiger partial charge is 0.263 e. The molecule has 0 saturated heterocycles. The van der Waals surface area contributed by atoms with E-state index < -0.39 is 0 Å². The van der Waals surface area contributed by atoms with Crippen molar-refractivity contribution < 1.29 is 4.79 Å². The van der Waals surface area contributed by atoms with Gasteiger partial charge in [0.05, 0.1) is 5.39 Å². The first-order valence-electron chi connectivity index (χ1n) is 9.74. The highest BCUT2D eigenvalue weighted by molar-refractivity contribution is 7.18. The zero-order valence-electron chi connectivity index (χ0n) is 16.8. The number of benzene rings is 1. The number of aromatic nitrogens is 2. The van der Waals surface area contributed by atoms with Gasteiger partial charge in [0.15, 0.2) is 0 Å². The van der Waals surface area contributed by atoms with Crippen LogP contribution in [0, 0.1) is 27.7 Å². The predicted octanol–water partition coefficient (Wildman–Crippen LogP) is 4.21. The number of anilines is 1. The highest BCUT2D eigenvalue weighted by Gasteiger charge is 2.22. The van der Waals surface area contributed by atoms with Crippen molar-refractivity contribution >= 4 is 33.1 Å². The summed E-state index contributed by atoms with van der Waals surface area (Å²) in [7, 11) is 0. The molecule has 1 aromatic carbocycles. The molecule has 6 heteroatoms. The maximum absolute atomic E-state index is 13.2. The molecule has 0 bridgehead atoms. The van der Waals surface area contributed by atoms with Gasteiger partial charge in [0.2, 0.25) is 5.91 Å². The molecule has 0 unspecified atom stereocenters. The molecule has 5 nitrogen and oxygen atoms in total. The molecule has 146 valence electrons. The Morgan fingerprint density at radius 1 is 1.14 bits per heavy atom. The van der Waals surface area contributed by atoms with Gasteiger partial charge in [-0.25, -0.2) is 4.98 Å². The molecule has 1 aliphatic rings. The summed E-state index contributed by atoms with van der Waals surface area (Å²) < 4.78 is 1.51. The van der Waals surface area contributed by atoms with Gasteiger partial charge < -0.3 is 5.32 Å². The van der Waals surface area contributed by atoms with Gasteiger partial charge in [0.1, 0.15) is 17.2 Å². The van der Waals surface area contributed by atoms with E-state index in [2.05, 4.69) is 10.3 Å². The molecule has 0 spiro atoms. The van der Waals surface area contributed by atoms with Crippen LogP contribution in [0.15, 0.2) is 16.9 Å². The fourth-order valence-electron chi connectivity index (χ4n) is 4.23. The topological polar surface area (TPSA) is 64.0 Å². The Kier molecular flexibility index (Phi) is 4.83. The van der Waals surface area contributed by atoms with Gasteiger partial charge in [-0.1, -0.05) is 17.7 Å². The van der Waals surface area contributed by atoms with Crippen molar-refractivity contribution in [2.75, 3.05) is 5.32 Å². The molecule has 1 aliphatic carbocycles. The molecular formula is C22H25N3O2S. The summed E-state index contributed by atoms with van der Waals surface area (Å²) in [6.45, 7) is 7.79. The molecule has 0 fully saturated rings. The van der Waals surface area contributed by atoms with Crippen molar-refractivity contribution in [3.63, 3.8) is 0 Å². The lowest BCUT2D eigenvalue weighted by atomic mass is 9.97. The Morgan fingerprint density at radius 2 is 1.82 bits per heavy atom. The van der Waals surface area contributed by atoms with Crippen LogP contribution in [0.1, 0.15) is 45.8 Å². The summed E-state index contributed by atoms with van der Waals surface area (Å²) in [4.78, 5) is 32.7. The fourth-order valence-corrected chi connectivity index (χ4v) is 5.52. The van der Waals surface area contributed by atoms with E-state index in [1.54, 1.807) is 18.3 Å². The maximum Gasteiger partial charge on any atom is 0.263 e. The number of carbonyl (C=O) groups excluding carboxylic acids is 1. The number of fused-ring (bicyclic) bond motifs is 3. The Balaban J connectivity index is 1.68. The van der Waals surface area contributed by atoms with Gasteiger partial charge in [-0.05, 0) is 70.1 Å². The van der Waals surface area contributed by atoms with E-state index in [1.165, 1.54) is 15.9 Å². The SMILES string of the molecule is Cc1cc(C)c(NC(=O)Cn2c(C)nc3sc4c(c3c2=O)CCCC4)c(C)c1. The van der Waals surface area contributed by atoms with Crippen LogP contribution >= 0.6 is 11.3 Å². The highest BCUT2D eigenvalue weighted by Crippen LogP contribution is 2.33. The molecule has 3 aromatic rings. The fraction of sp³-hybridized carbons (Fsp3) is 0.409. The van der Waals surface area contributed by atoms with Crippen LogP contribution in [-0.4, -0.2) is 15.5 Å². The monoisotopic (exact) mass is 395 g/mol. The van der Waals surface area contributed by atoms with E-state index in [1.807, 2.05) is 32.9 Å². The van der Waals surface area contributed by atoms with Crippen LogP contribution in [0.3, 0.4) is 0 Å². The van der Waals surface area contributed by atoms with Gasteiger partial charge in [-0.2, -0.15) is 0 Å². The number of carbonyl (C=O) groups is 1. The first-order chi connectivity index (χ1) is 13.3. The zero-order valence-corrected chi connectivity index (χ0v) is 17.6. The summed E-state index contributed by atoms with van der Waals surface area (Å²) >= 11 is 1.64. The maximum atomic E-state index is 13.2. The van der Waals surface area contributed by atoms with Crippen molar-refractivity contribution in [3.05, 3.63) is 55.4 Å². The average molecular weight is 396 g/mol. The highest BCUT2D eigenvalue weighted by atomic mass is 32.1. The van der Waals surface area contributed by atoms with Gasteiger partial charge in [0, 0.05) is 10.6 Å². The number of nitrogens with one attached hydrogen (secondary N) is 1. The third-order valence-corrected chi connectivity index (χ3v) is 6.69. The van der Waals surface area contributed by atoms with Gasteiger partial charge in [0.25, 0.3) is 5.56 Å². The standard InChI is InChI=1S/C22H25N3O2S/c1-12-9-13(2)20(14(3)10-12)24-18(26)11-25-15(4)23-21-19(22(25)27)16-7-5-6-8-17(16)28-21/h9-10H,5-8,11H2,1-4H3,(H,24,26). The molecule has 0 aliphatic heterocycles. The lowest BCUT2D eigenvalue weighted by Crippen LogP contribution is -2.30. The summed E-state index contributed by atoms with van der Waals surface area (Å²) in [6.07, 6.45) is 4.24. The molecule has 0 saturated carbocycles. The molecule has 28 heavy (non-hydrogen) atoms. The first-order valence-corrected chi connectivity index (χ1v) is 10.6. The van der Waals surface area contributed by atoms with E-state index in [0.29, 0.717) is 5.82 Å². The van der Waals surface area contributed by atoms with E-state index in [-0.39, 0.29) is 18.0 Å². The largest absolute Gasteiger partial charge is 0.324 e. The van der Waals surface area contributed by atoms with E-state index in [0.717, 1.165) is 57.4 Å². The summed E-state index contributed by atoms with van der Waals surface area (Å²) in [5.74, 6) is 0.383. The molecular weight excluding hydrogens is 370 g/mol. The van der Waals surface area contributed by atoms with Crippen molar-refractivity contribution in [3.8, 4) is 0 Å². The number of aryl methyl sites for hydroxylation is 6. The number of nitrogens with zero attached hydrogens (tertiary/aromatic N) is 2. The Hall–Kier alpha value is -2.47. The van der Waals surface area contributed by atoms with Crippen LogP contribution in [0.4, 0.5) is 5.69 Å². The normalized spacial score (nSPS) is 13.6. The summed E-state index contributed by atoms with van der Waals surface area (Å²) in [5, 5.41) is 3.71. The van der Waals surface area contributed by atoms with Crippen molar-refractivity contribution in [1.82, 2.24) is 9.55 Å². The molecule has 1 amide bonds. The lowest BCUT2D eigenvalue weighted by molar-refractivity contribution is -0.116. The second-order valence-corrected chi connectivity index (χ2v) is 8.85. The number of rotatable bonds is 3. The van der Waals surface area contributed by atoms with Crippen LogP contribution in [0.25, 0.3) is 10.2 Å². The summed E-state index contributed by atoms with van der Waals surface area (Å²) in [5.41, 5.74) is 5.10. The van der Waals surface area contributed by atoms with Crippen LogP contribution in [0.5, 0.6) is 0 Å². The lowest BCUT2D eigenvalue weighted by Gasteiger charge is -2.15. The third kappa shape index (κ3) is 3.26. The predicted molar refractivity (Wildman–Crippen MR) is 115 cm³/mol.